The second kappa shape index (κ2) is 6.87. The van der Waals surface area contributed by atoms with Crippen molar-refractivity contribution in [2.75, 3.05) is 6.61 Å². The van der Waals surface area contributed by atoms with Crippen LogP contribution in [0.1, 0.15) is 40.3 Å². The number of rotatable bonds is 5. The number of carbonyl (C=O) groups is 2. The number of hydrogen-bond acceptors (Lipinski definition) is 4. The number of nitrogens with zero attached hydrogens (tertiary/aromatic N) is 2. The summed E-state index contributed by atoms with van der Waals surface area (Å²) < 4.78 is 1.87. The van der Waals surface area contributed by atoms with Crippen LogP contribution >= 0.6 is 11.8 Å². The standard InChI is InChI=1S/C21H20N2O3S/c1-13(12-24)23-11-17-19(21(23)26)22-9-8-15(14(2)25)10-18(22)20(17)27-16-6-4-3-5-7-16/h3-10,13,24H,11-12H2,1-2H3. The largest absolute Gasteiger partial charge is 0.394 e. The average Bonchev–Trinajstić information content (AvgIpc) is 3.17. The fourth-order valence-corrected chi connectivity index (χ4v) is 4.50. The molecule has 0 fully saturated rings. The smallest absolute Gasteiger partial charge is 0.271 e. The van der Waals surface area contributed by atoms with Crippen molar-refractivity contribution in [3.8, 4) is 0 Å². The Morgan fingerprint density at radius 2 is 2.00 bits per heavy atom. The highest BCUT2D eigenvalue weighted by molar-refractivity contribution is 7.99. The lowest BCUT2D eigenvalue weighted by atomic mass is 10.2. The molecule has 1 aromatic carbocycles. The van der Waals surface area contributed by atoms with Crippen LogP contribution in [0, 0.1) is 0 Å². The molecule has 6 heteroatoms. The molecule has 1 aliphatic heterocycles. The van der Waals surface area contributed by atoms with Crippen LogP contribution in [0.5, 0.6) is 0 Å². The Balaban J connectivity index is 1.90. The number of aromatic nitrogens is 1. The highest BCUT2D eigenvalue weighted by Crippen LogP contribution is 2.41. The maximum Gasteiger partial charge on any atom is 0.271 e. The van der Waals surface area contributed by atoms with Crippen molar-refractivity contribution in [3.05, 3.63) is 65.5 Å². The lowest BCUT2D eigenvalue weighted by molar-refractivity contribution is 0.0637. The van der Waals surface area contributed by atoms with Gasteiger partial charge in [0.05, 0.1) is 18.2 Å². The van der Waals surface area contributed by atoms with Crippen LogP contribution in [-0.4, -0.2) is 38.7 Å². The molecule has 0 spiro atoms. The predicted molar refractivity (Wildman–Crippen MR) is 104 cm³/mol. The van der Waals surface area contributed by atoms with Gasteiger partial charge in [0.25, 0.3) is 5.91 Å². The first-order valence-corrected chi connectivity index (χ1v) is 9.65. The molecule has 4 rings (SSSR count). The molecule has 138 valence electrons. The number of aliphatic hydroxyl groups excluding tert-OH is 1. The summed E-state index contributed by atoms with van der Waals surface area (Å²) in [5.74, 6) is -0.0894. The zero-order valence-electron chi connectivity index (χ0n) is 15.2. The maximum absolute atomic E-state index is 13.0. The van der Waals surface area contributed by atoms with Crippen molar-refractivity contribution < 1.29 is 14.7 Å². The number of ketones is 1. The molecular weight excluding hydrogens is 360 g/mol. The average molecular weight is 380 g/mol. The summed E-state index contributed by atoms with van der Waals surface area (Å²) in [5.41, 5.74) is 3.07. The van der Waals surface area contributed by atoms with E-state index in [0.29, 0.717) is 17.8 Å². The summed E-state index contributed by atoms with van der Waals surface area (Å²) >= 11 is 1.60. The minimum Gasteiger partial charge on any atom is -0.394 e. The Morgan fingerprint density at radius 3 is 2.67 bits per heavy atom. The molecular formula is C21H20N2O3S. The van der Waals surface area contributed by atoms with Crippen molar-refractivity contribution in [2.24, 2.45) is 0 Å². The van der Waals surface area contributed by atoms with E-state index >= 15 is 0 Å². The van der Waals surface area contributed by atoms with Crippen molar-refractivity contribution in [1.82, 2.24) is 9.30 Å². The highest BCUT2D eigenvalue weighted by atomic mass is 32.2. The number of amides is 1. The normalized spacial score (nSPS) is 14.6. The van der Waals surface area contributed by atoms with Gasteiger partial charge in [0.1, 0.15) is 5.69 Å². The molecule has 0 radical (unpaired) electrons. The first-order valence-electron chi connectivity index (χ1n) is 8.84. The monoisotopic (exact) mass is 380 g/mol. The number of aliphatic hydroxyl groups is 1. The molecule has 1 aliphatic rings. The van der Waals surface area contributed by atoms with Gasteiger partial charge in [-0.1, -0.05) is 30.0 Å². The zero-order valence-corrected chi connectivity index (χ0v) is 16.0. The topological polar surface area (TPSA) is 62.0 Å². The second-order valence-electron chi connectivity index (χ2n) is 6.76. The van der Waals surface area contributed by atoms with Crippen LogP contribution in [0.15, 0.2) is 58.5 Å². The summed E-state index contributed by atoms with van der Waals surface area (Å²) in [5, 5.41) is 9.50. The van der Waals surface area contributed by atoms with Gasteiger partial charge >= 0.3 is 0 Å². The van der Waals surface area contributed by atoms with Crippen LogP contribution in [0.3, 0.4) is 0 Å². The van der Waals surface area contributed by atoms with E-state index in [4.69, 9.17) is 0 Å². The van der Waals surface area contributed by atoms with Crippen molar-refractivity contribution in [2.45, 2.75) is 36.2 Å². The quantitative estimate of drug-likeness (QED) is 0.687. The number of Topliss-reactive ketones (excluding diaryl/α,β-unsaturated/α-hetero) is 1. The van der Waals surface area contributed by atoms with Crippen LogP contribution in [0.4, 0.5) is 0 Å². The minimum absolute atomic E-state index is 0.00336. The fraction of sp³-hybridized carbons (Fsp3) is 0.238. The summed E-state index contributed by atoms with van der Waals surface area (Å²) in [6.07, 6.45) is 1.80. The van der Waals surface area contributed by atoms with E-state index < -0.39 is 0 Å². The number of pyridine rings is 1. The Bertz CT molecular complexity index is 1040. The van der Waals surface area contributed by atoms with Gasteiger partial charge in [0.15, 0.2) is 5.78 Å². The summed E-state index contributed by atoms with van der Waals surface area (Å²) in [4.78, 5) is 28.6. The molecule has 0 bridgehead atoms. The molecule has 0 saturated carbocycles. The van der Waals surface area contributed by atoms with E-state index in [1.54, 1.807) is 35.8 Å². The molecule has 0 aliphatic carbocycles. The predicted octanol–water partition coefficient (Wildman–Crippen LogP) is 3.63. The van der Waals surface area contributed by atoms with Gasteiger partial charge < -0.3 is 14.4 Å². The van der Waals surface area contributed by atoms with Crippen molar-refractivity contribution in [3.63, 3.8) is 0 Å². The molecule has 1 N–H and O–H groups in total. The van der Waals surface area contributed by atoms with E-state index in [9.17, 15) is 14.7 Å². The third kappa shape index (κ3) is 2.95. The third-order valence-corrected chi connectivity index (χ3v) is 6.11. The lowest BCUT2D eigenvalue weighted by Gasteiger charge is -2.22. The van der Waals surface area contributed by atoms with Gasteiger partial charge in [0.2, 0.25) is 0 Å². The number of carbonyl (C=O) groups excluding carboxylic acids is 2. The van der Waals surface area contributed by atoms with Gasteiger partial charge in [0, 0.05) is 33.7 Å². The Labute approximate surface area is 161 Å². The molecule has 1 amide bonds. The van der Waals surface area contributed by atoms with Gasteiger partial charge in [-0.2, -0.15) is 0 Å². The van der Waals surface area contributed by atoms with Gasteiger partial charge in [-0.05, 0) is 38.1 Å². The van der Waals surface area contributed by atoms with E-state index in [-0.39, 0.29) is 24.3 Å². The number of hydrogen-bond donors (Lipinski definition) is 1. The maximum atomic E-state index is 13.0. The van der Waals surface area contributed by atoms with E-state index in [2.05, 4.69) is 0 Å². The lowest BCUT2D eigenvalue weighted by Crippen LogP contribution is -2.36. The van der Waals surface area contributed by atoms with Crippen LogP contribution in [-0.2, 0) is 6.54 Å². The van der Waals surface area contributed by atoms with E-state index in [0.717, 1.165) is 20.9 Å². The first kappa shape index (κ1) is 17.8. The third-order valence-electron chi connectivity index (χ3n) is 4.95. The SMILES string of the molecule is CC(=O)c1ccn2c3c(c(Sc4ccccc4)c2c1)CN(C(C)CO)C3=O. The highest BCUT2D eigenvalue weighted by Gasteiger charge is 2.36. The summed E-state index contributed by atoms with van der Waals surface area (Å²) in [7, 11) is 0. The summed E-state index contributed by atoms with van der Waals surface area (Å²) in [6.45, 7) is 3.77. The van der Waals surface area contributed by atoms with Gasteiger partial charge in [-0.3, -0.25) is 9.59 Å². The van der Waals surface area contributed by atoms with Gasteiger partial charge in [-0.15, -0.1) is 0 Å². The molecule has 1 atom stereocenters. The van der Waals surface area contributed by atoms with Crippen LogP contribution in [0.2, 0.25) is 0 Å². The van der Waals surface area contributed by atoms with E-state index in [1.165, 1.54) is 0 Å². The molecule has 1 unspecified atom stereocenters. The molecule has 0 saturated heterocycles. The van der Waals surface area contributed by atoms with Crippen LogP contribution < -0.4 is 0 Å². The minimum atomic E-state index is -0.244. The molecule has 2 aromatic heterocycles. The van der Waals surface area contributed by atoms with Crippen LogP contribution in [0.25, 0.3) is 5.52 Å². The Kier molecular flexibility index (Phi) is 4.53. The molecule has 27 heavy (non-hydrogen) atoms. The molecule has 5 nitrogen and oxygen atoms in total. The number of fused-ring (bicyclic) bond motifs is 3. The van der Waals surface area contributed by atoms with Crippen molar-refractivity contribution in [1.29, 1.82) is 0 Å². The number of benzene rings is 1. The molecule has 3 heterocycles. The molecule has 3 aromatic rings. The summed E-state index contributed by atoms with van der Waals surface area (Å²) in [6, 6.07) is 13.3. The van der Waals surface area contributed by atoms with E-state index in [1.807, 2.05) is 47.7 Å². The van der Waals surface area contributed by atoms with Gasteiger partial charge in [-0.25, -0.2) is 0 Å². The second-order valence-corrected chi connectivity index (χ2v) is 7.85. The zero-order chi connectivity index (χ0) is 19.1. The van der Waals surface area contributed by atoms with Crippen molar-refractivity contribution >= 4 is 29.0 Å². The Morgan fingerprint density at radius 1 is 1.26 bits per heavy atom. The first-order chi connectivity index (χ1) is 13.0. The fourth-order valence-electron chi connectivity index (χ4n) is 3.43. The Hall–Kier alpha value is -2.57.